The second-order valence-electron chi connectivity index (χ2n) is 5.20. The molecule has 0 spiro atoms. The van der Waals surface area contributed by atoms with Gasteiger partial charge in [0.25, 0.3) is 5.91 Å². The first-order valence-electron chi connectivity index (χ1n) is 6.93. The van der Waals surface area contributed by atoms with Gasteiger partial charge in [0.15, 0.2) is 6.10 Å². The molecule has 8 heteroatoms. The summed E-state index contributed by atoms with van der Waals surface area (Å²) < 4.78 is 42.7. The highest BCUT2D eigenvalue weighted by Gasteiger charge is 2.29. The van der Waals surface area contributed by atoms with E-state index in [0.717, 1.165) is 6.26 Å². The van der Waals surface area contributed by atoms with E-state index in [9.17, 15) is 17.6 Å². The van der Waals surface area contributed by atoms with Crippen molar-refractivity contribution in [2.75, 3.05) is 32.4 Å². The fourth-order valence-electron chi connectivity index (χ4n) is 2.29. The summed E-state index contributed by atoms with van der Waals surface area (Å²) in [6.45, 7) is 2.79. The van der Waals surface area contributed by atoms with Crippen molar-refractivity contribution >= 4 is 15.9 Å². The average Bonchev–Trinajstić information content (AvgIpc) is 2.45. The van der Waals surface area contributed by atoms with Crippen molar-refractivity contribution < 1.29 is 22.3 Å². The number of carbonyl (C=O) groups is 1. The van der Waals surface area contributed by atoms with E-state index in [4.69, 9.17) is 4.74 Å². The van der Waals surface area contributed by atoms with Crippen molar-refractivity contribution in [2.24, 2.45) is 0 Å². The summed E-state index contributed by atoms with van der Waals surface area (Å²) in [5, 5.41) is 0. The number of nitrogens with zero attached hydrogens (tertiary/aromatic N) is 2. The molecular formula is C14H19FN2O4S. The van der Waals surface area contributed by atoms with Crippen LogP contribution in [0.25, 0.3) is 0 Å². The van der Waals surface area contributed by atoms with Gasteiger partial charge in [-0.3, -0.25) is 4.79 Å². The van der Waals surface area contributed by atoms with Crippen LogP contribution in [0.1, 0.15) is 6.92 Å². The van der Waals surface area contributed by atoms with E-state index in [1.807, 2.05) is 0 Å². The molecule has 0 N–H and O–H groups in total. The lowest BCUT2D eigenvalue weighted by atomic mass is 10.2. The number of halogens is 1. The third-order valence-electron chi connectivity index (χ3n) is 3.48. The Hall–Kier alpha value is -1.67. The molecule has 1 aliphatic heterocycles. The summed E-state index contributed by atoms with van der Waals surface area (Å²) in [6, 6.07) is 5.59. The molecule has 0 radical (unpaired) electrons. The van der Waals surface area contributed by atoms with Crippen LogP contribution in [0.4, 0.5) is 4.39 Å². The molecule has 1 aromatic rings. The summed E-state index contributed by atoms with van der Waals surface area (Å²) in [7, 11) is -3.23. The molecule has 1 amide bonds. The van der Waals surface area contributed by atoms with Crippen molar-refractivity contribution in [3.05, 3.63) is 30.1 Å². The lowest BCUT2D eigenvalue weighted by Gasteiger charge is -2.34. The highest BCUT2D eigenvalue weighted by molar-refractivity contribution is 7.88. The lowest BCUT2D eigenvalue weighted by Crippen LogP contribution is -2.53. The number of sulfonamides is 1. The summed E-state index contributed by atoms with van der Waals surface area (Å²) in [4.78, 5) is 13.8. The molecule has 0 bridgehead atoms. The minimum absolute atomic E-state index is 0.239. The van der Waals surface area contributed by atoms with Gasteiger partial charge >= 0.3 is 0 Å². The first-order chi connectivity index (χ1) is 10.3. The summed E-state index contributed by atoms with van der Waals surface area (Å²) in [5.74, 6) is -0.382. The first-order valence-corrected chi connectivity index (χ1v) is 8.78. The lowest BCUT2D eigenvalue weighted by molar-refractivity contribution is -0.139. The van der Waals surface area contributed by atoms with E-state index in [-0.39, 0.29) is 24.7 Å². The molecule has 0 aromatic heterocycles. The SMILES string of the molecule is C[C@H](Oc1cccc(F)c1)C(=O)N1CCN(S(C)(=O)=O)CC1. The molecule has 1 saturated heterocycles. The number of piperazine rings is 1. The van der Waals surface area contributed by atoms with E-state index in [1.54, 1.807) is 17.9 Å². The van der Waals surface area contributed by atoms with Crippen LogP contribution in [0.15, 0.2) is 24.3 Å². The summed E-state index contributed by atoms with van der Waals surface area (Å²) in [5.41, 5.74) is 0. The van der Waals surface area contributed by atoms with Gasteiger partial charge in [-0.15, -0.1) is 0 Å². The van der Waals surface area contributed by atoms with Gasteiger partial charge in [-0.25, -0.2) is 12.8 Å². The number of carbonyl (C=O) groups excluding carboxylic acids is 1. The maximum absolute atomic E-state index is 13.1. The van der Waals surface area contributed by atoms with Crippen LogP contribution in [0.2, 0.25) is 0 Å². The Morgan fingerprint density at radius 2 is 1.91 bits per heavy atom. The molecule has 1 aliphatic rings. The van der Waals surface area contributed by atoms with Crippen LogP contribution < -0.4 is 4.74 Å². The van der Waals surface area contributed by atoms with Gasteiger partial charge in [0.2, 0.25) is 10.0 Å². The molecule has 122 valence electrons. The number of benzene rings is 1. The second-order valence-corrected chi connectivity index (χ2v) is 7.19. The topological polar surface area (TPSA) is 66.9 Å². The number of ether oxygens (including phenoxy) is 1. The number of hydrogen-bond donors (Lipinski definition) is 0. The van der Waals surface area contributed by atoms with Gasteiger partial charge in [-0.2, -0.15) is 4.31 Å². The van der Waals surface area contributed by atoms with Crippen LogP contribution in [-0.4, -0.2) is 62.1 Å². The smallest absolute Gasteiger partial charge is 0.263 e. The largest absolute Gasteiger partial charge is 0.481 e. The van der Waals surface area contributed by atoms with E-state index in [0.29, 0.717) is 13.1 Å². The second kappa shape index (κ2) is 6.62. The Kier molecular flexibility index (Phi) is 5.02. The van der Waals surface area contributed by atoms with E-state index in [2.05, 4.69) is 0 Å². The third-order valence-corrected chi connectivity index (χ3v) is 4.78. The third kappa shape index (κ3) is 4.17. The fourth-order valence-corrected chi connectivity index (χ4v) is 3.12. The van der Waals surface area contributed by atoms with Gasteiger partial charge < -0.3 is 9.64 Å². The first kappa shape index (κ1) is 16.7. The van der Waals surface area contributed by atoms with Crippen LogP contribution in [0, 0.1) is 5.82 Å². The molecule has 2 rings (SSSR count). The molecule has 1 fully saturated rings. The zero-order valence-electron chi connectivity index (χ0n) is 12.5. The Bertz CT molecular complexity index is 642. The number of amides is 1. The minimum atomic E-state index is -3.23. The van der Waals surface area contributed by atoms with Gasteiger partial charge in [0.1, 0.15) is 11.6 Å². The maximum atomic E-state index is 13.1. The van der Waals surface area contributed by atoms with Crippen molar-refractivity contribution in [1.82, 2.24) is 9.21 Å². The van der Waals surface area contributed by atoms with Gasteiger partial charge in [-0.1, -0.05) is 6.07 Å². The van der Waals surface area contributed by atoms with Crippen molar-refractivity contribution in [1.29, 1.82) is 0 Å². The average molecular weight is 330 g/mol. The molecule has 0 saturated carbocycles. The number of hydrogen-bond acceptors (Lipinski definition) is 4. The molecule has 0 aliphatic carbocycles. The van der Waals surface area contributed by atoms with Gasteiger partial charge in [-0.05, 0) is 19.1 Å². The Balaban J connectivity index is 1.92. The Morgan fingerprint density at radius 3 is 2.45 bits per heavy atom. The molecule has 22 heavy (non-hydrogen) atoms. The highest BCUT2D eigenvalue weighted by atomic mass is 32.2. The molecular weight excluding hydrogens is 311 g/mol. The molecule has 1 aromatic carbocycles. The quantitative estimate of drug-likeness (QED) is 0.815. The van der Waals surface area contributed by atoms with Gasteiger partial charge in [0.05, 0.1) is 6.26 Å². The molecule has 1 heterocycles. The molecule has 0 unspecified atom stereocenters. The van der Waals surface area contributed by atoms with Crippen molar-refractivity contribution in [3.63, 3.8) is 0 Å². The highest BCUT2D eigenvalue weighted by Crippen LogP contribution is 2.15. The molecule has 1 atom stereocenters. The summed E-state index contributed by atoms with van der Waals surface area (Å²) in [6.07, 6.45) is 0.395. The van der Waals surface area contributed by atoms with Crippen molar-refractivity contribution in [2.45, 2.75) is 13.0 Å². The van der Waals surface area contributed by atoms with Crippen molar-refractivity contribution in [3.8, 4) is 5.75 Å². The fraction of sp³-hybridized carbons (Fsp3) is 0.500. The van der Waals surface area contributed by atoms with Crippen LogP contribution in [-0.2, 0) is 14.8 Å². The van der Waals surface area contributed by atoms with E-state index in [1.165, 1.54) is 22.5 Å². The zero-order valence-corrected chi connectivity index (χ0v) is 13.3. The standard InChI is InChI=1S/C14H19FN2O4S/c1-11(21-13-5-3-4-12(15)10-13)14(18)16-6-8-17(9-7-16)22(2,19)20/h3-5,10-11H,6-9H2,1-2H3/t11-/m0/s1. The number of rotatable bonds is 4. The van der Waals surface area contributed by atoms with E-state index < -0.39 is 21.9 Å². The Morgan fingerprint density at radius 1 is 1.27 bits per heavy atom. The predicted molar refractivity (Wildman–Crippen MR) is 79.5 cm³/mol. The normalized spacial score (nSPS) is 18.0. The predicted octanol–water partition coefficient (Wildman–Crippen LogP) is 0.697. The minimum Gasteiger partial charge on any atom is -0.481 e. The van der Waals surface area contributed by atoms with Gasteiger partial charge in [0, 0.05) is 32.2 Å². The Labute approximate surface area is 129 Å². The van der Waals surface area contributed by atoms with E-state index >= 15 is 0 Å². The van der Waals surface area contributed by atoms with Crippen LogP contribution in [0.5, 0.6) is 5.75 Å². The molecule has 6 nitrogen and oxygen atoms in total. The van der Waals surface area contributed by atoms with Crippen LogP contribution in [0.3, 0.4) is 0 Å². The summed E-state index contributed by atoms with van der Waals surface area (Å²) >= 11 is 0. The van der Waals surface area contributed by atoms with Crippen LogP contribution >= 0.6 is 0 Å². The monoisotopic (exact) mass is 330 g/mol. The zero-order chi connectivity index (χ0) is 16.3. The maximum Gasteiger partial charge on any atom is 0.263 e.